The molecule has 168 valence electrons. The quantitative estimate of drug-likeness (QED) is 0.507. The van der Waals surface area contributed by atoms with Crippen LogP contribution >= 0.6 is 0 Å². The molecule has 0 atom stereocenters. The molecule has 0 bridgehead atoms. The van der Waals surface area contributed by atoms with Gasteiger partial charge in [0.2, 0.25) is 0 Å². The van der Waals surface area contributed by atoms with E-state index < -0.39 is 0 Å². The summed E-state index contributed by atoms with van der Waals surface area (Å²) in [6.45, 7) is 6.29. The number of rotatable bonds is 5. The minimum atomic E-state index is -0.168. The number of amides is 1. The van der Waals surface area contributed by atoms with Crippen LogP contribution in [0, 0.1) is 6.92 Å². The zero-order valence-corrected chi connectivity index (χ0v) is 18.9. The Kier molecular flexibility index (Phi) is 5.79. The molecule has 1 fully saturated rings. The van der Waals surface area contributed by atoms with Crippen molar-refractivity contribution in [2.24, 2.45) is 0 Å². The Hall–Kier alpha value is -3.71. The summed E-state index contributed by atoms with van der Waals surface area (Å²) in [5, 5.41) is 7.82. The van der Waals surface area contributed by atoms with Gasteiger partial charge in [0, 0.05) is 44.0 Å². The van der Waals surface area contributed by atoms with Crippen LogP contribution in [0.25, 0.3) is 22.4 Å². The SMILES string of the molecule is Cc1noc2nc(-c3ccccc3)cc(C(=O)NCc3ccccc3N3CCN(C)CC3)c12. The number of aryl methyl sites for hydroxylation is 1. The van der Waals surface area contributed by atoms with Gasteiger partial charge in [0.15, 0.2) is 0 Å². The van der Waals surface area contributed by atoms with E-state index in [2.05, 4.69) is 50.5 Å². The molecular weight excluding hydrogens is 414 g/mol. The Morgan fingerprint density at radius 2 is 1.76 bits per heavy atom. The zero-order chi connectivity index (χ0) is 22.8. The molecule has 4 aromatic rings. The highest BCUT2D eigenvalue weighted by Gasteiger charge is 2.21. The average Bonchev–Trinajstić information content (AvgIpc) is 3.24. The second-order valence-corrected chi connectivity index (χ2v) is 8.47. The van der Waals surface area contributed by atoms with Crippen LogP contribution in [0.1, 0.15) is 21.6 Å². The molecule has 7 heteroatoms. The van der Waals surface area contributed by atoms with Crippen LogP contribution in [0.2, 0.25) is 0 Å². The van der Waals surface area contributed by atoms with Crippen LogP contribution in [0.5, 0.6) is 0 Å². The molecule has 2 aromatic heterocycles. The predicted molar refractivity (Wildman–Crippen MR) is 129 cm³/mol. The molecule has 0 spiro atoms. The van der Waals surface area contributed by atoms with Crippen molar-refractivity contribution in [2.45, 2.75) is 13.5 Å². The highest BCUT2D eigenvalue weighted by molar-refractivity contribution is 6.07. The number of nitrogens with zero attached hydrogens (tertiary/aromatic N) is 4. The number of pyridine rings is 1. The first-order valence-corrected chi connectivity index (χ1v) is 11.2. The molecule has 1 saturated heterocycles. The molecule has 0 saturated carbocycles. The number of anilines is 1. The van der Waals surface area contributed by atoms with Crippen molar-refractivity contribution >= 4 is 22.7 Å². The smallest absolute Gasteiger partial charge is 0.259 e. The largest absolute Gasteiger partial charge is 0.369 e. The summed E-state index contributed by atoms with van der Waals surface area (Å²) in [6, 6.07) is 19.9. The fourth-order valence-electron chi connectivity index (χ4n) is 4.32. The van der Waals surface area contributed by atoms with E-state index in [9.17, 15) is 4.79 Å². The number of likely N-dealkylation sites (N-methyl/N-ethyl adjacent to an activating group) is 1. The van der Waals surface area contributed by atoms with E-state index in [0.29, 0.717) is 34.6 Å². The summed E-state index contributed by atoms with van der Waals surface area (Å²) in [6.07, 6.45) is 0. The van der Waals surface area contributed by atoms with E-state index in [1.165, 1.54) is 5.69 Å². The number of piperazine rings is 1. The van der Waals surface area contributed by atoms with E-state index >= 15 is 0 Å². The molecule has 7 nitrogen and oxygen atoms in total. The summed E-state index contributed by atoms with van der Waals surface area (Å²) in [7, 11) is 2.15. The van der Waals surface area contributed by atoms with Crippen molar-refractivity contribution in [3.8, 4) is 11.3 Å². The Bertz CT molecular complexity index is 1280. The van der Waals surface area contributed by atoms with Crippen molar-refractivity contribution in [3.05, 3.63) is 77.5 Å². The number of fused-ring (bicyclic) bond motifs is 1. The van der Waals surface area contributed by atoms with Gasteiger partial charge in [-0.15, -0.1) is 0 Å². The lowest BCUT2D eigenvalue weighted by atomic mass is 10.0. The molecule has 2 aromatic carbocycles. The summed E-state index contributed by atoms with van der Waals surface area (Å²) >= 11 is 0. The highest BCUT2D eigenvalue weighted by atomic mass is 16.5. The first kappa shape index (κ1) is 21.2. The van der Waals surface area contributed by atoms with Crippen molar-refractivity contribution in [1.29, 1.82) is 0 Å². The number of hydrogen-bond donors (Lipinski definition) is 1. The third-order valence-corrected chi connectivity index (χ3v) is 6.21. The molecule has 0 radical (unpaired) electrons. The Morgan fingerprint density at radius 3 is 2.55 bits per heavy atom. The standard InChI is InChI=1S/C26H27N5O2/c1-18-24-21(16-22(28-26(24)33-29-18)19-8-4-3-5-9-19)25(32)27-17-20-10-6-7-11-23(20)31-14-12-30(2)13-15-31/h3-11,16H,12-15,17H2,1-2H3,(H,27,32). The summed E-state index contributed by atoms with van der Waals surface area (Å²) < 4.78 is 5.42. The van der Waals surface area contributed by atoms with Crippen molar-refractivity contribution in [2.75, 3.05) is 38.1 Å². The van der Waals surface area contributed by atoms with E-state index in [4.69, 9.17) is 4.52 Å². The number of benzene rings is 2. The minimum absolute atomic E-state index is 0.168. The van der Waals surface area contributed by atoms with Crippen LogP contribution in [-0.2, 0) is 6.54 Å². The predicted octanol–water partition coefficient (Wildman–Crippen LogP) is 3.88. The summed E-state index contributed by atoms with van der Waals surface area (Å²) in [5.74, 6) is -0.168. The molecule has 3 heterocycles. The molecular formula is C26H27N5O2. The van der Waals surface area contributed by atoms with Crippen molar-refractivity contribution in [3.63, 3.8) is 0 Å². The van der Waals surface area contributed by atoms with Crippen LogP contribution in [0.4, 0.5) is 5.69 Å². The first-order chi connectivity index (χ1) is 16.1. The van der Waals surface area contributed by atoms with Gasteiger partial charge in [-0.3, -0.25) is 4.79 Å². The summed E-state index contributed by atoms with van der Waals surface area (Å²) in [5.41, 5.74) is 5.43. The van der Waals surface area contributed by atoms with Crippen molar-refractivity contribution in [1.82, 2.24) is 20.4 Å². The van der Waals surface area contributed by atoms with Gasteiger partial charge in [0.1, 0.15) is 0 Å². The second-order valence-electron chi connectivity index (χ2n) is 8.47. The fourth-order valence-corrected chi connectivity index (χ4v) is 4.32. The van der Waals surface area contributed by atoms with Gasteiger partial charge in [-0.05, 0) is 31.7 Å². The van der Waals surface area contributed by atoms with Gasteiger partial charge in [0.05, 0.1) is 22.3 Å². The number of aromatic nitrogens is 2. The maximum absolute atomic E-state index is 13.4. The zero-order valence-electron chi connectivity index (χ0n) is 18.9. The van der Waals surface area contributed by atoms with Crippen LogP contribution in [-0.4, -0.2) is 54.2 Å². The Balaban J connectivity index is 1.42. The van der Waals surface area contributed by atoms with E-state index in [1.807, 2.05) is 49.4 Å². The maximum atomic E-state index is 13.4. The first-order valence-electron chi connectivity index (χ1n) is 11.2. The lowest BCUT2D eigenvalue weighted by Crippen LogP contribution is -2.45. The highest BCUT2D eigenvalue weighted by Crippen LogP contribution is 2.27. The molecule has 0 aliphatic carbocycles. The fraction of sp³-hybridized carbons (Fsp3) is 0.269. The number of carbonyl (C=O) groups is 1. The molecule has 5 rings (SSSR count). The van der Waals surface area contributed by atoms with Crippen LogP contribution < -0.4 is 10.2 Å². The lowest BCUT2D eigenvalue weighted by Gasteiger charge is -2.35. The number of nitrogens with one attached hydrogen (secondary N) is 1. The van der Waals surface area contributed by atoms with E-state index in [0.717, 1.165) is 37.3 Å². The van der Waals surface area contributed by atoms with Gasteiger partial charge in [-0.1, -0.05) is 53.7 Å². The van der Waals surface area contributed by atoms with E-state index in [1.54, 1.807) is 0 Å². The molecule has 1 aliphatic rings. The van der Waals surface area contributed by atoms with Gasteiger partial charge in [-0.25, -0.2) is 4.98 Å². The normalized spacial score (nSPS) is 14.5. The van der Waals surface area contributed by atoms with Crippen molar-refractivity contribution < 1.29 is 9.32 Å². The molecule has 0 unspecified atom stereocenters. The Labute approximate surface area is 193 Å². The van der Waals surface area contributed by atoms with Gasteiger partial charge in [-0.2, -0.15) is 0 Å². The Morgan fingerprint density at radius 1 is 1.03 bits per heavy atom. The number of para-hydroxylation sites is 1. The van der Waals surface area contributed by atoms with Gasteiger partial charge < -0.3 is 19.6 Å². The third-order valence-electron chi connectivity index (χ3n) is 6.21. The van der Waals surface area contributed by atoms with Crippen LogP contribution in [0.15, 0.2) is 65.2 Å². The third kappa shape index (κ3) is 4.32. The second kappa shape index (κ2) is 9.03. The van der Waals surface area contributed by atoms with E-state index in [-0.39, 0.29) is 5.91 Å². The molecule has 1 N–H and O–H groups in total. The lowest BCUT2D eigenvalue weighted by molar-refractivity contribution is 0.0952. The van der Waals surface area contributed by atoms with Crippen LogP contribution in [0.3, 0.4) is 0 Å². The summed E-state index contributed by atoms with van der Waals surface area (Å²) in [4.78, 5) is 22.7. The number of hydrogen-bond acceptors (Lipinski definition) is 6. The number of carbonyl (C=O) groups excluding carboxylic acids is 1. The monoisotopic (exact) mass is 441 g/mol. The molecule has 1 amide bonds. The average molecular weight is 442 g/mol. The maximum Gasteiger partial charge on any atom is 0.259 e. The topological polar surface area (TPSA) is 74.5 Å². The minimum Gasteiger partial charge on any atom is -0.369 e. The van der Waals surface area contributed by atoms with Gasteiger partial charge in [0.25, 0.3) is 11.6 Å². The molecule has 1 aliphatic heterocycles. The molecule has 33 heavy (non-hydrogen) atoms. The van der Waals surface area contributed by atoms with Gasteiger partial charge >= 0.3 is 0 Å².